The molecule has 0 saturated carbocycles. The fourth-order valence-electron chi connectivity index (χ4n) is 5.33. The summed E-state index contributed by atoms with van der Waals surface area (Å²) in [6, 6.07) is 25.8. The second-order valence-electron chi connectivity index (χ2n) is 12.4. The SMILES string of the molecule is O=C(O)CNC(=O)c1ncc2cc(Oc3ccc(F)c(Cl)c3)ccc2c1O.O=C(O)CNC(=O)c1ncc2ccc(Oc3ccc(Oc4ccc(F)cc4)cc3)cc2c1O. The summed E-state index contributed by atoms with van der Waals surface area (Å²) in [6.45, 7) is -1.19. The molecule has 0 fully saturated rings. The number of aliphatic carboxylic acids is 2. The number of aromatic nitrogens is 2. The topological polar surface area (TPSA) is 227 Å². The number of nitrogens with one attached hydrogen (secondary N) is 2. The van der Waals surface area contributed by atoms with Crippen LogP contribution >= 0.6 is 11.6 Å². The van der Waals surface area contributed by atoms with Gasteiger partial charge in [-0.15, -0.1) is 0 Å². The molecule has 304 valence electrons. The Morgan fingerprint density at radius 3 is 1.55 bits per heavy atom. The van der Waals surface area contributed by atoms with Crippen LogP contribution in [0.1, 0.15) is 21.0 Å². The molecule has 0 unspecified atom stereocenters. The monoisotopic (exact) mass is 838 g/mol. The molecule has 0 atom stereocenters. The van der Waals surface area contributed by atoms with Gasteiger partial charge >= 0.3 is 11.9 Å². The van der Waals surface area contributed by atoms with E-state index in [-0.39, 0.29) is 33.7 Å². The Morgan fingerprint density at radius 2 is 0.983 bits per heavy atom. The molecule has 2 aromatic heterocycles. The Hall–Kier alpha value is -8.05. The van der Waals surface area contributed by atoms with Gasteiger partial charge in [-0.2, -0.15) is 0 Å². The normalized spacial score (nSPS) is 10.6. The number of carboxylic acids is 2. The Morgan fingerprint density at radius 1 is 0.550 bits per heavy atom. The number of benzene rings is 5. The van der Waals surface area contributed by atoms with Crippen LogP contribution in [0.3, 0.4) is 0 Å². The molecule has 5 aromatic carbocycles. The van der Waals surface area contributed by atoms with Gasteiger partial charge in [0.1, 0.15) is 59.2 Å². The lowest BCUT2D eigenvalue weighted by Crippen LogP contribution is -2.29. The molecule has 2 amide bonds. The van der Waals surface area contributed by atoms with E-state index in [0.717, 1.165) is 0 Å². The van der Waals surface area contributed by atoms with Crippen LogP contribution < -0.4 is 24.8 Å². The molecule has 0 radical (unpaired) electrons. The molecule has 2 heterocycles. The number of rotatable bonds is 12. The summed E-state index contributed by atoms with van der Waals surface area (Å²) in [5, 5.41) is 44.0. The fraction of sp³-hybridized carbons (Fsp3) is 0.0476. The molecule has 60 heavy (non-hydrogen) atoms. The Bertz CT molecular complexity index is 2760. The predicted molar refractivity (Wildman–Crippen MR) is 211 cm³/mol. The van der Waals surface area contributed by atoms with Gasteiger partial charge in [0.2, 0.25) is 0 Å². The lowest BCUT2D eigenvalue weighted by atomic mass is 10.1. The minimum atomic E-state index is -1.22. The van der Waals surface area contributed by atoms with Crippen LogP contribution in [0.15, 0.2) is 116 Å². The number of nitrogens with zero attached hydrogens (tertiary/aromatic N) is 2. The minimum Gasteiger partial charge on any atom is -0.505 e. The van der Waals surface area contributed by atoms with Crippen molar-refractivity contribution in [3.8, 4) is 46.0 Å². The van der Waals surface area contributed by atoms with Crippen molar-refractivity contribution in [3.63, 3.8) is 0 Å². The standard InChI is InChI=1S/C24H17FN2O6.C18H12ClFN2O5/c25-15-2-5-16(6-3-15)32-17-7-9-18(10-8-17)33-19-4-1-14-12-26-22(23(30)20(14)11-19)24(31)27-13-21(28)29;19-13-6-11(2-4-14(13)20)27-10-1-3-12-9(5-10)7-21-16(17(12)25)18(26)22-8-15(23)24/h1-12,30H,13H2,(H,27,31)(H,28,29);1-7,25H,8H2,(H,22,26)(H,23,24). The van der Waals surface area contributed by atoms with Gasteiger partial charge in [0.05, 0.1) is 5.02 Å². The van der Waals surface area contributed by atoms with Gasteiger partial charge in [0.15, 0.2) is 22.9 Å². The molecule has 7 aromatic rings. The molecular formula is C42H29ClF2N4O11. The second kappa shape index (κ2) is 18.5. The van der Waals surface area contributed by atoms with E-state index in [1.54, 1.807) is 48.5 Å². The molecule has 0 aliphatic heterocycles. The van der Waals surface area contributed by atoms with Gasteiger partial charge in [0, 0.05) is 40.0 Å². The average Bonchev–Trinajstić information content (AvgIpc) is 3.22. The predicted octanol–water partition coefficient (Wildman–Crippen LogP) is 7.82. The van der Waals surface area contributed by atoms with E-state index >= 15 is 0 Å². The summed E-state index contributed by atoms with van der Waals surface area (Å²) in [7, 11) is 0. The van der Waals surface area contributed by atoms with Gasteiger partial charge in [-0.1, -0.05) is 11.6 Å². The quantitative estimate of drug-likeness (QED) is 0.0691. The van der Waals surface area contributed by atoms with Crippen molar-refractivity contribution in [1.29, 1.82) is 0 Å². The second-order valence-corrected chi connectivity index (χ2v) is 12.8. The third-order valence-corrected chi connectivity index (χ3v) is 8.43. The molecular weight excluding hydrogens is 810 g/mol. The zero-order valence-electron chi connectivity index (χ0n) is 30.6. The van der Waals surface area contributed by atoms with Crippen LogP contribution in [0.2, 0.25) is 5.02 Å². The number of amides is 2. The summed E-state index contributed by atoms with van der Waals surface area (Å²) in [4.78, 5) is 53.0. The van der Waals surface area contributed by atoms with Crippen molar-refractivity contribution in [2.24, 2.45) is 0 Å². The first kappa shape index (κ1) is 41.6. The number of ether oxygens (including phenoxy) is 3. The molecule has 7 rings (SSSR count). The number of carbonyl (C=O) groups excluding carboxylic acids is 2. The summed E-state index contributed by atoms with van der Waals surface area (Å²) < 4.78 is 43.3. The molecule has 0 saturated heterocycles. The highest BCUT2D eigenvalue weighted by atomic mass is 35.5. The van der Waals surface area contributed by atoms with E-state index in [9.17, 15) is 38.2 Å². The lowest BCUT2D eigenvalue weighted by Gasteiger charge is -2.11. The molecule has 6 N–H and O–H groups in total. The van der Waals surface area contributed by atoms with E-state index in [4.69, 9.17) is 36.0 Å². The van der Waals surface area contributed by atoms with Crippen molar-refractivity contribution < 1.29 is 62.6 Å². The number of pyridine rings is 2. The maximum atomic E-state index is 13.2. The van der Waals surface area contributed by atoms with Gasteiger partial charge in [0.25, 0.3) is 11.8 Å². The molecule has 0 aliphatic carbocycles. The number of aromatic hydroxyl groups is 2. The number of fused-ring (bicyclic) bond motifs is 2. The van der Waals surface area contributed by atoms with E-state index in [0.29, 0.717) is 56.0 Å². The number of hydrogen-bond donors (Lipinski definition) is 6. The fourth-order valence-corrected chi connectivity index (χ4v) is 5.50. The largest absolute Gasteiger partial charge is 0.505 e. The van der Waals surface area contributed by atoms with Crippen LogP contribution in [-0.2, 0) is 9.59 Å². The first-order valence-corrected chi connectivity index (χ1v) is 17.7. The van der Waals surface area contributed by atoms with Crippen molar-refractivity contribution in [3.05, 3.63) is 144 Å². The Labute approximate surface area is 342 Å². The van der Waals surface area contributed by atoms with Crippen LogP contribution in [0.5, 0.6) is 46.0 Å². The minimum absolute atomic E-state index is 0.0791. The van der Waals surface area contributed by atoms with Crippen LogP contribution in [0.25, 0.3) is 21.5 Å². The van der Waals surface area contributed by atoms with Crippen molar-refractivity contribution >= 4 is 56.9 Å². The highest BCUT2D eigenvalue weighted by Crippen LogP contribution is 2.34. The highest BCUT2D eigenvalue weighted by molar-refractivity contribution is 6.30. The van der Waals surface area contributed by atoms with Crippen molar-refractivity contribution in [1.82, 2.24) is 20.6 Å². The smallest absolute Gasteiger partial charge is 0.322 e. The van der Waals surface area contributed by atoms with E-state index in [1.165, 1.54) is 67.0 Å². The first-order chi connectivity index (χ1) is 28.7. The van der Waals surface area contributed by atoms with E-state index in [1.807, 2.05) is 0 Å². The third-order valence-electron chi connectivity index (χ3n) is 8.14. The van der Waals surface area contributed by atoms with Gasteiger partial charge in [-0.3, -0.25) is 19.2 Å². The zero-order valence-corrected chi connectivity index (χ0v) is 31.3. The third kappa shape index (κ3) is 10.5. The number of carbonyl (C=O) groups is 4. The van der Waals surface area contributed by atoms with E-state index in [2.05, 4.69) is 20.6 Å². The van der Waals surface area contributed by atoms with Crippen LogP contribution in [0, 0.1) is 11.6 Å². The van der Waals surface area contributed by atoms with Crippen molar-refractivity contribution in [2.45, 2.75) is 0 Å². The summed E-state index contributed by atoms with van der Waals surface area (Å²) in [5.41, 5.74) is -0.578. The summed E-state index contributed by atoms with van der Waals surface area (Å²) in [6.07, 6.45) is 2.74. The van der Waals surface area contributed by atoms with Crippen LogP contribution in [0.4, 0.5) is 8.78 Å². The van der Waals surface area contributed by atoms with Crippen molar-refractivity contribution in [2.75, 3.05) is 13.1 Å². The zero-order chi connectivity index (χ0) is 42.9. The highest BCUT2D eigenvalue weighted by Gasteiger charge is 2.19. The van der Waals surface area contributed by atoms with Gasteiger partial charge in [-0.05, 0) is 97.1 Å². The molecule has 0 spiro atoms. The molecule has 0 bridgehead atoms. The molecule has 18 heteroatoms. The maximum Gasteiger partial charge on any atom is 0.322 e. The van der Waals surface area contributed by atoms with E-state index < -0.39 is 42.7 Å². The number of carboxylic acid groups (broad SMARTS) is 2. The number of halogens is 3. The van der Waals surface area contributed by atoms with Crippen LogP contribution in [-0.4, -0.2) is 67.2 Å². The Balaban J connectivity index is 0.000000205. The number of hydrogen-bond acceptors (Lipinski definition) is 11. The van der Waals surface area contributed by atoms with Gasteiger partial charge < -0.3 is 45.3 Å². The van der Waals surface area contributed by atoms with Gasteiger partial charge in [-0.25, -0.2) is 18.7 Å². The summed E-state index contributed by atoms with van der Waals surface area (Å²) in [5.74, 6) is -3.10. The maximum absolute atomic E-state index is 13.2. The molecule has 15 nitrogen and oxygen atoms in total. The Kier molecular flexibility index (Phi) is 12.8. The lowest BCUT2D eigenvalue weighted by molar-refractivity contribution is -0.136. The first-order valence-electron chi connectivity index (χ1n) is 17.3. The average molecular weight is 839 g/mol. The molecule has 0 aliphatic rings. The summed E-state index contributed by atoms with van der Waals surface area (Å²) >= 11 is 5.72.